The van der Waals surface area contributed by atoms with Gasteiger partial charge in [-0.05, 0) is 43.0 Å². The summed E-state index contributed by atoms with van der Waals surface area (Å²) >= 11 is 0. The Morgan fingerprint density at radius 1 is 1.09 bits per heavy atom. The first-order valence-corrected chi connectivity index (χ1v) is 12.2. The van der Waals surface area contributed by atoms with Crippen molar-refractivity contribution in [3.63, 3.8) is 0 Å². The second-order valence-corrected chi connectivity index (χ2v) is 10.6. The van der Waals surface area contributed by atoms with E-state index >= 15 is 0 Å². The van der Waals surface area contributed by atoms with Crippen LogP contribution in [0.3, 0.4) is 0 Å². The predicted octanol–water partition coefficient (Wildman–Crippen LogP) is 3.89. The van der Waals surface area contributed by atoms with Gasteiger partial charge in [0.2, 0.25) is 21.8 Å². The van der Waals surface area contributed by atoms with Crippen LogP contribution in [-0.2, 0) is 16.6 Å². The van der Waals surface area contributed by atoms with Gasteiger partial charge in [0.05, 0.1) is 16.6 Å². The normalized spacial score (nSPS) is 13.3. The average Bonchev–Trinajstić information content (AvgIpc) is 3.35. The van der Waals surface area contributed by atoms with E-state index in [1.165, 1.54) is 4.31 Å². The maximum Gasteiger partial charge on any atom is 0.243 e. The second-order valence-electron chi connectivity index (χ2n) is 8.58. The number of hydrogen-bond acceptors (Lipinski definition) is 7. The van der Waals surface area contributed by atoms with Gasteiger partial charge < -0.3 is 8.98 Å². The molecule has 0 radical (unpaired) electrons. The molecule has 3 aromatic heterocycles. The molecule has 1 unspecified atom stereocenters. The van der Waals surface area contributed by atoms with Crippen molar-refractivity contribution in [1.82, 2.24) is 29.0 Å². The Morgan fingerprint density at radius 2 is 1.82 bits per heavy atom. The third kappa shape index (κ3) is 4.67. The highest BCUT2D eigenvalue weighted by Crippen LogP contribution is 2.31. The molecule has 174 valence electrons. The Kier molecular flexibility index (Phi) is 6.31. The van der Waals surface area contributed by atoms with Gasteiger partial charge in [-0.15, -0.1) is 10.2 Å². The molecule has 0 N–H and O–H groups in total. The van der Waals surface area contributed by atoms with Gasteiger partial charge in [-0.3, -0.25) is 4.98 Å². The van der Waals surface area contributed by atoms with E-state index in [0.717, 1.165) is 22.4 Å². The molecule has 0 aliphatic carbocycles. The fraction of sp³-hybridized carbons (Fsp3) is 0.391. The van der Waals surface area contributed by atoms with Crippen molar-refractivity contribution in [3.05, 3.63) is 65.9 Å². The minimum absolute atomic E-state index is 0.218. The lowest BCUT2D eigenvalue weighted by Gasteiger charge is -2.26. The van der Waals surface area contributed by atoms with Gasteiger partial charge in [0.25, 0.3) is 0 Å². The van der Waals surface area contributed by atoms with E-state index in [0.29, 0.717) is 24.7 Å². The van der Waals surface area contributed by atoms with Crippen LogP contribution in [0.15, 0.2) is 52.0 Å². The predicted molar refractivity (Wildman–Crippen MR) is 124 cm³/mol. The average molecular weight is 469 g/mol. The molecule has 0 fully saturated rings. The highest BCUT2D eigenvalue weighted by atomic mass is 32.2. The van der Waals surface area contributed by atoms with Crippen molar-refractivity contribution >= 4 is 21.1 Å². The number of pyridine rings is 1. The first-order valence-electron chi connectivity index (χ1n) is 10.8. The number of nitrogens with zero attached hydrogens (tertiary/aromatic N) is 6. The van der Waals surface area contributed by atoms with E-state index in [4.69, 9.17) is 4.42 Å². The van der Waals surface area contributed by atoms with Crippen LogP contribution in [0.25, 0.3) is 11.0 Å². The second kappa shape index (κ2) is 9.03. The van der Waals surface area contributed by atoms with Crippen LogP contribution in [-0.4, -0.2) is 44.5 Å². The lowest BCUT2D eigenvalue weighted by atomic mass is 10.0. The SMILES string of the molecule is Cc1nnc(C(CC(C)C)N(C)S(=O)(=O)c2ccc(Cn3c(C)nc4cnccc43)cc2)o1. The molecule has 9 nitrogen and oxygen atoms in total. The molecular weight excluding hydrogens is 440 g/mol. The molecule has 4 aromatic rings. The van der Waals surface area contributed by atoms with Crippen LogP contribution in [0, 0.1) is 19.8 Å². The molecule has 33 heavy (non-hydrogen) atoms. The monoisotopic (exact) mass is 468 g/mol. The quantitative estimate of drug-likeness (QED) is 0.386. The van der Waals surface area contributed by atoms with E-state index in [1.807, 2.05) is 39.0 Å². The van der Waals surface area contributed by atoms with Gasteiger partial charge in [0.15, 0.2) is 0 Å². The van der Waals surface area contributed by atoms with Gasteiger partial charge in [-0.1, -0.05) is 26.0 Å². The molecule has 10 heteroatoms. The largest absolute Gasteiger partial charge is 0.424 e. The first-order chi connectivity index (χ1) is 15.7. The van der Waals surface area contributed by atoms with E-state index < -0.39 is 16.1 Å². The number of fused-ring (bicyclic) bond motifs is 1. The number of rotatable bonds is 8. The topological polar surface area (TPSA) is 107 Å². The molecule has 3 heterocycles. The number of benzene rings is 1. The minimum atomic E-state index is -3.77. The summed E-state index contributed by atoms with van der Waals surface area (Å²) in [7, 11) is -2.21. The van der Waals surface area contributed by atoms with Gasteiger partial charge >= 0.3 is 0 Å². The number of hydrogen-bond donors (Lipinski definition) is 0. The molecule has 0 saturated carbocycles. The highest BCUT2D eigenvalue weighted by Gasteiger charge is 2.33. The summed E-state index contributed by atoms with van der Waals surface area (Å²) in [6, 6.07) is 8.34. The van der Waals surface area contributed by atoms with Gasteiger partial charge in [0, 0.05) is 26.7 Å². The maximum absolute atomic E-state index is 13.4. The van der Waals surface area contributed by atoms with Crippen LogP contribution in [0.5, 0.6) is 0 Å². The van der Waals surface area contributed by atoms with Gasteiger partial charge in [0.1, 0.15) is 17.4 Å². The molecule has 0 aliphatic rings. The van der Waals surface area contributed by atoms with Crippen LogP contribution in [0.1, 0.15) is 49.5 Å². The number of aryl methyl sites for hydroxylation is 2. The molecule has 0 amide bonds. The van der Waals surface area contributed by atoms with Crippen LogP contribution in [0.2, 0.25) is 0 Å². The van der Waals surface area contributed by atoms with Gasteiger partial charge in [-0.25, -0.2) is 13.4 Å². The molecule has 0 saturated heterocycles. The molecular formula is C23H28N6O3S. The third-order valence-corrected chi connectivity index (χ3v) is 7.52. The Morgan fingerprint density at radius 3 is 2.45 bits per heavy atom. The smallest absolute Gasteiger partial charge is 0.243 e. The molecule has 0 spiro atoms. The lowest BCUT2D eigenvalue weighted by Crippen LogP contribution is -2.32. The Balaban J connectivity index is 1.59. The van der Waals surface area contributed by atoms with Gasteiger partial charge in [-0.2, -0.15) is 4.31 Å². The summed E-state index contributed by atoms with van der Waals surface area (Å²) in [6.07, 6.45) is 4.05. The zero-order chi connectivity index (χ0) is 23.8. The fourth-order valence-electron chi connectivity index (χ4n) is 3.88. The Bertz CT molecular complexity index is 1360. The van der Waals surface area contributed by atoms with Crippen molar-refractivity contribution in [2.75, 3.05) is 7.05 Å². The molecule has 1 aromatic carbocycles. The fourth-order valence-corrected chi connectivity index (χ4v) is 5.21. The summed E-state index contributed by atoms with van der Waals surface area (Å²) in [5.41, 5.74) is 2.80. The van der Waals surface area contributed by atoms with Crippen LogP contribution < -0.4 is 0 Å². The zero-order valence-corrected chi connectivity index (χ0v) is 20.2. The van der Waals surface area contributed by atoms with Crippen molar-refractivity contribution < 1.29 is 12.8 Å². The number of imidazole rings is 1. The standard InChI is InChI=1S/C23H28N6O3S/c1-15(2)12-22(23-27-26-17(4)32-23)28(5)33(30,31)19-8-6-18(7-9-19)14-29-16(3)25-20-13-24-11-10-21(20)29/h6-11,13,15,22H,12,14H2,1-5H3. The zero-order valence-electron chi connectivity index (χ0n) is 19.4. The van der Waals surface area contributed by atoms with E-state index in [2.05, 4.69) is 24.7 Å². The van der Waals surface area contributed by atoms with Crippen molar-refractivity contribution in [1.29, 1.82) is 0 Å². The molecule has 4 rings (SSSR count). The van der Waals surface area contributed by atoms with Crippen LogP contribution >= 0.6 is 0 Å². The Hall–Kier alpha value is -3.11. The van der Waals surface area contributed by atoms with Crippen molar-refractivity contribution in [2.45, 2.75) is 51.6 Å². The van der Waals surface area contributed by atoms with Crippen LogP contribution in [0.4, 0.5) is 0 Å². The highest BCUT2D eigenvalue weighted by molar-refractivity contribution is 7.89. The third-order valence-electron chi connectivity index (χ3n) is 5.64. The van der Waals surface area contributed by atoms with Crippen molar-refractivity contribution in [2.24, 2.45) is 5.92 Å². The molecule has 0 bridgehead atoms. The lowest BCUT2D eigenvalue weighted by molar-refractivity contribution is 0.268. The Labute approximate surface area is 193 Å². The summed E-state index contributed by atoms with van der Waals surface area (Å²) in [5.74, 6) is 1.83. The first kappa shape index (κ1) is 23.1. The number of aromatic nitrogens is 5. The summed E-state index contributed by atoms with van der Waals surface area (Å²) < 4.78 is 35.8. The van der Waals surface area contributed by atoms with E-state index in [1.54, 1.807) is 38.5 Å². The summed E-state index contributed by atoms with van der Waals surface area (Å²) in [5, 5.41) is 7.96. The minimum Gasteiger partial charge on any atom is -0.424 e. The summed E-state index contributed by atoms with van der Waals surface area (Å²) in [6.45, 7) is 8.28. The molecule has 0 aliphatic heterocycles. The number of sulfonamides is 1. The van der Waals surface area contributed by atoms with E-state index in [9.17, 15) is 8.42 Å². The van der Waals surface area contributed by atoms with Crippen molar-refractivity contribution in [3.8, 4) is 0 Å². The van der Waals surface area contributed by atoms with E-state index in [-0.39, 0.29) is 10.8 Å². The molecule has 1 atom stereocenters. The summed E-state index contributed by atoms with van der Waals surface area (Å²) in [4.78, 5) is 8.88. The maximum atomic E-state index is 13.4.